The maximum atomic E-state index is 11.5. The monoisotopic (exact) mass is 308 g/mol. The first-order valence-electron chi connectivity index (χ1n) is 5.43. The second kappa shape index (κ2) is 5.82. The largest absolute Gasteiger partial charge is 0.467 e. The molecule has 0 aliphatic carbocycles. The molecule has 5 nitrogen and oxygen atoms in total. The Labute approximate surface area is 109 Å². The first-order chi connectivity index (χ1) is 7.88. The number of methoxy groups -OCH3 is 1. The van der Waals surface area contributed by atoms with E-state index in [9.17, 15) is 9.59 Å². The fraction of sp³-hybridized carbons (Fsp3) is 0.818. The Balaban J connectivity index is 2.79. The van der Waals surface area contributed by atoms with Crippen LogP contribution in [0.15, 0.2) is 0 Å². The third kappa shape index (κ3) is 3.19. The maximum absolute atomic E-state index is 11.5. The second-order valence-corrected chi connectivity index (χ2v) is 5.13. The van der Waals surface area contributed by atoms with Crippen molar-refractivity contribution in [3.63, 3.8) is 0 Å². The summed E-state index contributed by atoms with van der Waals surface area (Å²) in [6.07, 6.45) is -1.03. The highest BCUT2D eigenvalue weighted by atomic mass is 79.9. The average molecular weight is 309 g/mol. The van der Waals surface area contributed by atoms with Crippen molar-refractivity contribution in [1.29, 1.82) is 0 Å². The molecule has 17 heavy (non-hydrogen) atoms. The molecule has 1 fully saturated rings. The van der Waals surface area contributed by atoms with Crippen LogP contribution in [-0.2, 0) is 23.8 Å². The summed E-state index contributed by atoms with van der Waals surface area (Å²) in [5.41, 5.74) is 0. The zero-order valence-corrected chi connectivity index (χ0v) is 11.9. The van der Waals surface area contributed by atoms with Gasteiger partial charge in [-0.15, -0.1) is 0 Å². The van der Waals surface area contributed by atoms with Gasteiger partial charge in [-0.25, -0.2) is 4.79 Å². The van der Waals surface area contributed by atoms with Crippen molar-refractivity contribution in [3.05, 3.63) is 0 Å². The van der Waals surface area contributed by atoms with Gasteiger partial charge in [0.15, 0.2) is 11.1 Å². The summed E-state index contributed by atoms with van der Waals surface area (Å²) in [6, 6.07) is 0. The van der Waals surface area contributed by atoms with E-state index in [0.29, 0.717) is 0 Å². The summed E-state index contributed by atoms with van der Waals surface area (Å²) < 4.78 is 15.4. The van der Waals surface area contributed by atoms with Crippen molar-refractivity contribution in [2.45, 2.75) is 38.0 Å². The van der Waals surface area contributed by atoms with Gasteiger partial charge in [-0.1, -0.05) is 29.8 Å². The van der Waals surface area contributed by atoms with Crippen LogP contribution >= 0.6 is 15.9 Å². The van der Waals surface area contributed by atoms with Gasteiger partial charge in [-0.2, -0.15) is 0 Å². The lowest BCUT2D eigenvalue weighted by Gasteiger charge is -2.40. The van der Waals surface area contributed by atoms with Crippen LogP contribution < -0.4 is 0 Å². The predicted octanol–water partition coefficient (Wildman–Crippen LogP) is 1.48. The van der Waals surface area contributed by atoms with Crippen LogP contribution in [0.1, 0.15) is 20.8 Å². The normalized spacial score (nSPS) is 37.4. The maximum Gasteiger partial charge on any atom is 0.335 e. The van der Waals surface area contributed by atoms with Gasteiger partial charge >= 0.3 is 11.9 Å². The Kier molecular flexibility index (Phi) is 4.94. The Bertz CT molecular complexity index is 306. The molecule has 0 aromatic carbocycles. The van der Waals surface area contributed by atoms with Crippen LogP contribution in [0.4, 0.5) is 0 Å². The lowest BCUT2D eigenvalue weighted by molar-refractivity contribution is -0.189. The van der Waals surface area contributed by atoms with Crippen molar-refractivity contribution in [1.82, 2.24) is 0 Å². The SMILES string of the molecule is COC(=O)C1OC(Br)C(OC(C)=O)C(C)C1C. The van der Waals surface area contributed by atoms with E-state index < -0.39 is 23.2 Å². The number of hydrogen-bond acceptors (Lipinski definition) is 5. The Morgan fingerprint density at radius 2 is 1.82 bits per heavy atom. The number of ether oxygens (including phenoxy) is 3. The molecule has 0 radical (unpaired) electrons. The fourth-order valence-corrected chi connectivity index (χ4v) is 2.72. The highest BCUT2D eigenvalue weighted by Gasteiger charge is 2.45. The number of carbonyl (C=O) groups is 2. The summed E-state index contributed by atoms with van der Waals surface area (Å²) in [4.78, 5) is 22.5. The molecule has 98 valence electrons. The molecule has 5 atom stereocenters. The van der Waals surface area contributed by atoms with Crippen LogP contribution in [-0.4, -0.2) is 36.3 Å². The molecule has 0 bridgehead atoms. The summed E-state index contributed by atoms with van der Waals surface area (Å²) in [5.74, 6) is -0.851. The molecule has 0 saturated carbocycles. The summed E-state index contributed by atoms with van der Waals surface area (Å²) in [5, 5.41) is -0.498. The first kappa shape index (κ1) is 14.4. The number of carbonyl (C=O) groups excluding carboxylic acids is 2. The van der Waals surface area contributed by atoms with Crippen LogP contribution in [0.5, 0.6) is 0 Å². The van der Waals surface area contributed by atoms with E-state index in [4.69, 9.17) is 9.47 Å². The van der Waals surface area contributed by atoms with E-state index >= 15 is 0 Å². The fourth-order valence-electron chi connectivity index (χ4n) is 1.89. The van der Waals surface area contributed by atoms with Crippen molar-refractivity contribution >= 4 is 27.9 Å². The topological polar surface area (TPSA) is 61.8 Å². The summed E-state index contributed by atoms with van der Waals surface area (Å²) >= 11 is 3.28. The molecule has 0 spiro atoms. The third-order valence-electron chi connectivity index (χ3n) is 3.10. The number of rotatable bonds is 2. The van der Waals surface area contributed by atoms with E-state index in [1.165, 1.54) is 14.0 Å². The summed E-state index contributed by atoms with van der Waals surface area (Å²) in [6.45, 7) is 5.15. The van der Waals surface area contributed by atoms with Crippen LogP contribution in [0.25, 0.3) is 0 Å². The predicted molar refractivity (Wildman–Crippen MR) is 63.5 cm³/mol. The van der Waals surface area contributed by atoms with E-state index in [2.05, 4.69) is 20.7 Å². The van der Waals surface area contributed by atoms with Crippen molar-refractivity contribution in [2.24, 2.45) is 11.8 Å². The van der Waals surface area contributed by atoms with Crippen LogP contribution in [0.2, 0.25) is 0 Å². The van der Waals surface area contributed by atoms with Crippen LogP contribution in [0.3, 0.4) is 0 Å². The van der Waals surface area contributed by atoms with E-state index in [1.54, 1.807) is 0 Å². The third-order valence-corrected chi connectivity index (χ3v) is 3.83. The van der Waals surface area contributed by atoms with E-state index in [-0.39, 0.29) is 17.8 Å². The van der Waals surface area contributed by atoms with E-state index in [1.807, 2.05) is 13.8 Å². The van der Waals surface area contributed by atoms with Gasteiger partial charge in [-0.3, -0.25) is 4.79 Å². The molecule has 0 amide bonds. The van der Waals surface area contributed by atoms with E-state index in [0.717, 1.165) is 0 Å². The minimum absolute atomic E-state index is 0.00104. The average Bonchev–Trinajstić information content (AvgIpc) is 2.28. The number of halogens is 1. The Morgan fingerprint density at radius 1 is 1.24 bits per heavy atom. The highest BCUT2D eigenvalue weighted by Crippen LogP contribution is 2.35. The number of esters is 2. The zero-order valence-electron chi connectivity index (χ0n) is 10.3. The van der Waals surface area contributed by atoms with Gasteiger partial charge in [-0.05, 0) is 5.92 Å². The lowest BCUT2D eigenvalue weighted by Crippen LogP contribution is -2.51. The molecule has 1 rings (SSSR count). The molecule has 1 aliphatic heterocycles. The van der Waals surface area contributed by atoms with Crippen molar-refractivity contribution in [2.75, 3.05) is 7.11 Å². The molecule has 0 aromatic rings. The van der Waals surface area contributed by atoms with Crippen LogP contribution in [0, 0.1) is 11.8 Å². The van der Waals surface area contributed by atoms with Gasteiger partial charge < -0.3 is 14.2 Å². The van der Waals surface area contributed by atoms with Gasteiger partial charge in [0.2, 0.25) is 0 Å². The molecular formula is C11H17BrO5. The molecule has 0 aromatic heterocycles. The summed E-state index contributed by atoms with van der Waals surface area (Å²) in [7, 11) is 1.32. The molecule has 1 saturated heterocycles. The lowest BCUT2D eigenvalue weighted by atomic mass is 9.84. The highest BCUT2D eigenvalue weighted by molar-refractivity contribution is 9.09. The van der Waals surface area contributed by atoms with Crippen molar-refractivity contribution in [3.8, 4) is 0 Å². The molecular weight excluding hydrogens is 292 g/mol. The zero-order chi connectivity index (χ0) is 13.2. The minimum atomic E-state index is -0.633. The Hall–Kier alpha value is -0.620. The Morgan fingerprint density at radius 3 is 2.29 bits per heavy atom. The van der Waals surface area contributed by atoms with Gasteiger partial charge in [0.25, 0.3) is 0 Å². The molecule has 6 heteroatoms. The smallest absolute Gasteiger partial charge is 0.335 e. The van der Waals surface area contributed by atoms with Crippen molar-refractivity contribution < 1.29 is 23.8 Å². The molecule has 0 N–H and O–H groups in total. The number of hydrogen-bond donors (Lipinski definition) is 0. The van der Waals surface area contributed by atoms with Gasteiger partial charge in [0, 0.05) is 12.8 Å². The standard InChI is InChI=1S/C11H17BrO5/c1-5-6(2)9(11(14)15-4)17-10(12)8(5)16-7(3)13/h5-6,8-10H,1-4H3. The number of alkyl halides is 1. The first-order valence-corrected chi connectivity index (χ1v) is 6.34. The molecule has 1 aliphatic rings. The molecule has 1 heterocycles. The molecule has 5 unspecified atom stereocenters. The van der Waals surface area contributed by atoms with Gasteiger partial charge in [0.05, 0.1) is 7.11 Å². The second-order valence-electron chi connectivity index (χ2n) is 4.22. The van der Waals surface area contributed by atoms with Gasteiger partial charge in [0.1, 0.15) is 6.10 Å². The quantitative estimate of drug-likeness (QED) is 0.571. The minimum Gasteiger partial charge on any atom is -0.467 e.